The normalized spacial score (nSPS) is 15.2. The molecule has 220 valence electrons. The van der Waals surface area contributed by atoms with Gasteiger partial charge in [0.2, 0.25) is 11.8 Å². The van der Waals surface area contributed by atoms with Crippen molar-refractivity contribution in [1.82, 2.24) is 24.6 Å². The Morgan fingerprint density at radius 3 is 2.39 bits per heavy atom. The highest BCUT2D eigenvalue weighted by atomic mass is 32.2. The second-order valence-electron chi connectivity index (χ2n) is 10.3. The average molecular weight is 580 g/mol. The number of thioether (sulfide) groups is 1. The van der Waals surface area contributed by atoms with Gasteiger partial charge in [-0.15, -0.1) is 10.2 Å². The molecule has 1 aromatic heterocycles. The van der Waals surface area contributed by atoms with Gasteiger partial charge in [0.15, 0.2) is 11.0 Å². The largest absolute Gasteiger partial charge is 0.497 e. The summed E-state index contributed by atoms with van der Waals surface area (Å²) >= 11 is 1.36. The summed E-state index contributed by atoms with van der Waals surface area (Å²) in [6, 6.07) is 15.3. The van der Waals surface area contributed by atoms with Gasteiger partial charge in [0.05, 0.1) is 20.0 Å². The van der Waals surface area contributed by atoms with Crippen LogP contribution < -0.4 is 9.47 Å². The van der Waals surface area contributed by atoms with E-state index in [0.29, 0.717) is 37.0 Å². The van der Waals surface area contributed by atoms with Crippen LogP contribution in [-0.4, -0.2) is 82.0 Å². The standard InChI is InChI=1S/C31H41N5O4S/c1-5-6-7-8-9-13-28(37)35-19-18-34(21-23(35)2)29(38)22-41-31-33-32-30(24-11-10-12-27(20-24)40-4)36(31)25-14-16-26(39-3)17-15-25/h10-12,14-17,20,23H,5-9,13,18-19,21-22H2,1-4H3. The summed E-state index contributed by atoms with van der Waals surface area (Å²) in [5, 5.41) is 9.57. The number of ether oxygens (including phenoxy) is 2. The van der Waals surface area contributed by atoms with Gasteiger partial charge in [-0.1, -0.05) is 56.5 Å². The van der Waals surface area contributed by atoms with Crippen LogP contribution in [0.15, 0.2) is 53.7 Å². The van der Waals surface area contributed by atoms with Crippen LogP contribution in [0.4, 0.5) is 0 Å². The van der Waals surface area contributed by atoms with Crippen LogP contribution in [0, 0.1) is 0 Å². The Hall–Kier alpha value is -3.53. The molecule has 41 heavy (non-hydrogen) atoms. The Bertz CT molecular complexity index is 1300. The minimum atomic E-state index is 0.00320. The Labute approximate surface area is 247 Å². The zero-order valence-corrected chi connectivity index (χ0v) is 25.4. The lowest BCUT2D eigenvalue weighted by atomic mass is 10.1. The highest BCUT2D eigenvalue weighted by molar-refractivity contribution is 7.99. The van der Waals surface area contributed by atoms with Crippen LogP contribution in [0.25, 0.3) is 17.1 Å². The van der Waals surface area contributed by atoms with E-state index in [1.54, 1.807) is 14.2 Å². The van der Waals surface area contributed by atoms with Crippen LogP contribution in [-0.2, 0) is 9.59 Å². The first-order valence-electron chi connectivity index (χ1n) is 14.4. The molecular formula is C31H41N5O4S. The molecule has 10 heteroatoms. The van der Waals surface area contributed by atoms with E-state index < -0.39 is 0 Å². The second-order valence-corrected chi connectivity index (χ2v) is 11.2. The minimum absolute atomic E-state index is 0.00320. The van der Waals surface area contributed by atoms with Crippen LogP contribution >= 0.6 is 11.8 Å². The number of benzene rings is 2. The third-order valence-electron chi connectivity index (χ3n) is 7.41. The average Bonchev–Trinajstić information content (AvgIpc) is 3.43. The van der Waals surface area contributed by atoms with Crippen LogP contribution in [0.1, 0.15) is 52.4 Å². The van der Waals surface area contributed by atoms with E-state index in [1.165, 1.54) is 31.0 Å². The lowest BCUT2D eigenvalue weighted by Gasteiger charge is -2.40. The fourth-order valence-electron chi connectivity index (χ4n) is 5.07. The molecule has 3 aromatic rings. The first-order valence-corrected chi connectivity index (χ1v) is 15.4. The summed E-state index contributed by atoms with van der Waals surface area (Å²) in [5.41, 5.74) is 1.71. The van der Waals surface area contributed by atoms with Gasteiger partial charge in [-0.2, -0.15) is 0 Å². The number of methoxy groups -OCH3 is 2. The highest BCUT2D eigenvalue weighted by Crippen LogP contribution is 2.31. The molecule has 0 bridgehead atoms. The number of aromatic nitrogens is 3. The van der Waals surface area contributed by atoms with E-state index in [0.717, 1.165) is 35.6 Å². The van der Waals surface area contributed by atoms with Crippen molar-refractivity contribution in [2.75, 3.05) is 39.6 Å². The molecule has 1 aliphatic heterocycles. The molecule has 4 rings (SSSR count). The maximum Gasteiger partial charge on any atom is 0.233 e. The summed E-state index contributed by atoms with van der Waals surface area (Å²) < 4.78 is 12.7. The number of amides is 2. The number of hydrogen-bond donors (Lipinski definition) is 0. The third kappa shape index (κ3) is 7.81. The molecule has 1 fully saturated rings. The number of hydrogen-bond acceptors (Lipinski definition) is 7. The summed E-state index contributed by atoms with van der Waals surface area (Å²) in [6.07, 6.45) is 6.24. The fraction of sp³-hybridized carbons (Fsp3) is 0.484. The van der Waals surface area contributed by atoms with E-state index in [4.69, 9.17) is 9.47 Å². The van der Waals surface area contributed by atoms with Crippen molar-refractivity contribution in [2.45, 2.75) is 63.6 Å². The van der Waals surface area contributed by atoms with Gasteiger partial charge >= 0.3 is 0 Å². The lowest BCUT2D eigenvalue weighted by molar-refractivity contribution is -0.141. The van der Waals surface area contributed by atoms with E-state index >= 15 is 0 Å². The Morgan fingerprint density at radius 1 is 0.927 bits per heavy atom. The molecule has 0 aliphatic carbocycles. The molecule has 0 radical (unpaired) electrons. The van der Waals surface area contributed by atoms with Crippen LogP contribution in [0.5, 0.6) is 11.5 Å². The number of carbonyl (C=O) groups excluding carboxylic acids is 2. The predicted octanol–water partition coefficient (Wildman–Crippen LogP) is 5.46. The first-order chi connectivity index (χ1) is 19.9. The fourth-order valence-corrected chi connectivity index (χ4v) is 5.93. The maximum absolute atomic E-state index is 13.3. The molecule has 1 aliphatic rings. The molecule has 2 heterocycles. The molecule has 9 nitrogen and oxygen atoms in total. The highest BCUT2D eigenvalue weighted by Gasteiger charge is 2.29. The maximum atomic E-state index is 13.3. The minimum Gasteiger partial charge on any atom is -0.497 e. The van der Waals surface area contributed by atoms with Crippen molar-refractivity contribution in [3.63, 3.8) is 0 Å². The topological polar surface area (TPSA) is 89.8 Å². The third-order valence-corrected chi connectivity index (χ3v) is 8.33. The zero-order chi connectivity index (χ0) is 29.2. The van der Waals surface area contributed by atoms with Crippen molar-refractivity contribution in [1.29, 1.82) is 0 Å². The molecule has 2 aromatic carbocycles. The molecule has 1 unspecified atom stereocenters. The van der Waals surface area contributed by atoms with Crippen LogP contribution in [0.2, 0.25) is 0 Å². The smallest absolute Gasteiger partial charge is 0.233 e. The monoisotopic (exact) mass is 579 g/mol. The number of carbonyl (C=O) groups is 2. The lowest BCUT2D eigenvalue weighted by Crippen LogP contribution is -2.55. The van der Waals surface area contributed by atoms with Crippen molar-refractivity contribution in [3.05, 3.63) is 48.5 Å². The van der Waals surface area contributed by atoms with Crippen molar-refractivity contribution in [2.24, 2.45) is 0 Å². The quantitative estimate of drug-likeness (QED) is 0.196. The van der Waals surface area contributed by atoms with Crippen molar-refractivity contribution < 1.29 is 19.1 Å². The molecule has 0 spiro atoms. The Morgan fingerprint density at radius 2 is 1.68 bits per heavy atom. The van der Waals surface area contributed by atoms with E-state index in [9.17, 15) is 9.59 Å². The number of nitrogens with zero attached hydrogens (tertiary/aromatic N) is 5. The molecule has 1 saturated heterocycles. The Kier molecular flexibility index (Phi) is 11.1. The number of unbranched alkanes of at least 4 members (excludes halogenated alkanes) is 4. The van der Waals surface area contributed by atoms with Gasteiger partial charge in [0.25, 0.3) is 0 Å². The zero-order valence-electron chi connectivity index (χ0n) is 24.5. The van der Waals surface area contributed by atoms with Crippen molar-refractivity contribution >= 4 is 23.6 Å². The number of piperazine rings is 1. The summed E-state index contributed by atoms with van der Waals surface area (Å²) in [5.74, 6) is 2.58. The predicted molar refractivity (Wildman–Crippen MR) is 162 cm³/mol. The summed E-state index contributed by atoms with van der Waals surface area (Å²) in [6.45, 7) is 5.89. The van der Waals surface area contributed by atoms with Gasteiger partial charge in [-0.3, -0.25) is 14.2 Å². The van der Waals surface area contributed by atoms with Crippen LogP contribution in [0.3, 0.4) is 0 Å². The summed E-state index contributed by atoms with van der Waals surface area (Å²) in [4.78, 5) is 29.9. The number of rotatable bonds is 13. The second kappa shape index (κ2) is 14.9. The Balaban J connectivity index is 1.42. The first kappa shape index (κ1) is 30.4. The van der Waals surface area contributed by atoms with Gasteiger partial charge in [-0.25, -0.2) is 0 Å². The van der Waals surface area contributed by atoms with Gasteiger partial charge in [0.1, 0.15) is 11.5 Å². The molecule has 2 amide bonds. The molecule has 0 N–H and O–H groups in total. The molecule has 0 saturated carbocycles. The van der Waals surface area contributed by atoms with E-state index in [1.807, 2.05) is 69.8 Å². The summed E-state index contributed by atoms with van der Waals surface area (Å²) in [7, 11) is 3.26. The van der Waals surface area contributed by atoms with E-state index in [-0.39, 0.29) is 23.6 Å². The molecular weight excluding hydrogens is 538 g/mol. The molecule has 1 atom stereocenters. The van der Waals surface area contributed by atoms with Gasteiger partial charge in [-0.05, 0) is 49.7 Å². The van der Waals surface area contributed by atoms with E-state index in [2.05, 4.69) is 17.1 Å². The van der Waals surface area contributed by atoms with Gasteiger partial charge in [0, 0.05) is 43.3 Å². The SMILES string of the molecule is CCCCCCCC(=O)N1CCN(C(=O)CSc2nnc(-c3cccc(OC)c3)n2-c2ccc(OC)cc2)CC1C. The van der Waals surface area contributed by atoms with Crippen molar-refractivity contribution in [3.8, 4) is 28.6 Å². The van der Waals surface area contributed by atoms with Gasteiger partial charge < -0.3 is 19.3 Å².